The maximum Gasteiger partial charge on any atom is 0.123 e. The van der Waals surface area contributed by atoms with Gasteiger partial charge < -0.3 is 5.11 Å². The van der Waals surface area contributed by atoms with Crippen LogP contribution in [0.25, 0.3) is 0 Å². The van der Waals surface area contributed by atoms with Gasteiger partial charge in [-0.15, -0.1) is 0 Å². The van der Waals surface area contributed by atoms with Crippen LogP contribution in [-0.2, 0) is 6.54 Å². The van der Waals surface area contributed by atoms with Gasteiger partial charge in [-0.3, -0.25) is 9.80 Å². The van der Waals surface area contributed by atoms with Crippen molar-refractivity contribution in [2.24, 2.45) is 0 Å². The summed E-state index contributed by atoms with van der Waals surface area (Å²) in [5.41, 5.74) is 1.91. The molecule has 0 radical (unpaired) electrons. The summed E-state index contributed by atoms with van der Waals surface area (Å²) >= 11 is 0. The normalized spacial score (nSPS) is 19.9. The second-order valence-electron chi connectivity index (χ2n) is 7.46. The molecule has 2 atom stereocenters. The Bertz CT molecular complexity index is 705. The highest BCUT2D eigenvalue weighted by Crippen LogP contribution is 2.20. The van der Waals surface area contributed by atoms with Gasteiger partial charge in [-0.1, -0.05) is 24.3 Å². The third-order valence-electron chi connectivity index (χ3n) is 5.35. The first-order valence-electron chi connectivity index (χ1n) is 9.65. The van der Waals surface area contributed by atoms with Gasteiger partial charge in [0.2, 0.25) is 0 Å². The van der Waals surface area contributed by atoms with E-state index in [1.165, 1.54) is 24.3 Å². The van der Waals surface area contributed by atoms with E-state index < -0.39 is 6.10 Å². The fraction of sp³-hybridized carbons (Fsp3) is 0.455. The van der Waals surface area contributed by atoms with Crippen molar-refractivity contribution in [3.63, 3.8) is 0 Å². The Morgan fingerprint density at radius 3 is 2.26 bits per heavy atom. The Labute approximate surface area is 160 Å². The molecule has 1 aliphatic rings. The van der Waals surface area contributed by atoms with Gasteiger partial charge in [0.05, 0.1) is 6.10 Å². The molecule has 3 rings (SSSR count). The van der Waals surface area contributed by atoms with E-state index in [-0.39, 0.29) is 11.6 Å². The summed E-state index contributed by atoms with van der Waals surface area (Å²) in [6.45, 7) is 6.99. The van der Waals surface area contributed by atoms with Crippen LogP contribution in [0.1, 0.15) is 37.0 Å². The molecule has 0 aromatic heterocycles. The van der Waals surface area contributed by atoms with Gasteiger partial charge in [0.1, 0.15) is 11.6 Å². The largest absolute Gasteiger partial charge is 0.388 e. The van der Waals surface area contributed by atoms with Crippen molar-refractivity contribution in [1.29, 1.82) is 0 Å². The highest BCUT2D eigenvalue weighted by molar-refractivity contribution is 5.18. The van der Waals surface area contributed by atoms with Gasteiger partial charge in [0.15, 0.2) is 0 Å². The summed E-state index contributed by atoms with van der Waals surface area (Å²) < 4.78 is 26.0. The van der Waals surface area contributed by atoms with Crippen LogP contribution in [0, 0.1) is 11.6 Å². The van der Waals surface area contributed by atoms with Crippen LogP contribution in [0.3, 0.4) is 0 Å². The molecule has 0 spiro atoms. The van der Waals surface area contributed by atoms with Gasteiger partial charge >= 0.3 is 0 Å². The van der Waals surface area contributed by atoms with Gasteiger partial charge in [0, 0.05) is 32.2 Å². The van der Waals surface area contributed by atoms with Crippen molar-refractivity contribution in [3.05, 3.63) is 71.3 Å². The lowest BCUT2D eigenvalue weighted by atomic mass is 10.0. The van der Waals surface area contributed by atoms with E-state index in [0.717, 1.165) is 50.3 Å². The zero-order chi connectivity index (χ0) is 19.2. The van der Waals surface area contributed by atoms with E-state index in [9.17, 15) is 13.9 Å². The van der Waals surface area contributed by atoms with Crippen molar-refractivity contribution >= 4 is 0 Å². The van der Waals surface area contributed by atoms with E-state index in [1.807, 2.05) is 12.1 Å². The fourth-order valence-electron chi connectivity index (χ4n) is 3.73. The average molecular weight is 374 g/mol. The molecule has 0 bridgehead atoms. The molecule has 1 heterocycles. The molecule has 146 valence electrons. The molecule has 3 nitrogen and oxygen atoms in total. The Hall–Kier alpha value is -1.82. The van der Waals surface area contributed by atoms with Gasteiger partial charge in [-0.05, 0) is 61.7 Å². The minimum Gasteiger partial charge on any atom is -0.388 e. The topological polar surface area (TPSA) is 26.7 Å². The molecular weight excluding hydrogens is 346 g/mol. The summed E-state index contributed by atoms with van der Waals surface area (Å²) in [5, 5.41) is 10.3. The maximum atomic E-state index is 13.0. The molecule has 5 heteroatoms. The van der Waals surface area contributed by atoms with Crippen molar-refractivity contribution < 1.29 is 13.9 Å². The first-order chi connectivity index (χ1) is 13.0. The predicted octanol–water partition coefficient (Wildman–Crippen LogP) is 3.98. The standard InChI is InChI=1S/C22H28F2N2O/c1-17-15-25(16-18-4-8-20(23)9-5-18)13-14-26(17)12-2-3-22(27)19-6-10-21(24)11-7-19/h4-11,17,22,27H,2-3,12-16H2,1H3. The lowest BCUT2D eigenvalue weighted by Gasteiger charge is -2.40. The predicted molar refractivity (Wildman–Crippen MR) is 103 cm³/mol. The molecular formula is C22H28F2N2O. The van der Waals surface area contributed by atoms with Crippen LogP contribution in [0.5, 0.6) is 0 Å². The quantitative estimate of drug-likeness (QED) is 0.794. The van der Waals surface area contributed by atoms with E-state index in [4.69, 9.17) is 0 Å². The second-order valence-corrected chi connectivity index (χ2v) is 7.46. The Morgan fingerprint density at radius 2 is 1.63 bits per heavy atom. The Kier molecular flexibility index (Phi) is 6.94. The second kappa shape index (κ2) is 9.40. The highest BCUT2D eigenvalue weighted by atomic mass is 19.1. The van der Waals surface area contributed by atoms with Crippen molar-refractivity contribution in [1.82, 2.24) is 9.80 Å². The monoisotopic (exact) mass is 374 g/mol. The minimum atomic E-state index is -0.541. The summed E-state index contributed by atoms with van der Waals surface area (Å²) in [4.78, 5) is 4.86. The zero-order valence-electron chi connectivity index (χ0n) is 15.8. The van der Waals surface area contributed by atoms with Crippen molar-refractivity contribution in [2.75, 3.05) is 26.2 Å². The van der Waals surface area contributed by atoms with Crippen LogP contribution in [0.4, 0.5) is 8.78 Å². The molecule has 2 unspecified atom stereocenters. The van der Waals surface area contributed by atoms with Gasteiger partial charge in [-0.2, -0.15) is 0 Å². The third kappa shape index (κ3) is 5.83. The highest BCUT2D eigenvalue weighted by Gasteiger charge is 2.23. The molecule has 2 aromatic rings. The van der Waals surface area contributed by atoms with Crippen molar-refractivity contribution in [2.45, 2.75) is 38.5 Å². The van der Waals surface area contributed by atoms with Gasteiger partial charge in [0.25, 0.3) is 0 Å². The number of benzene rings is 2. The SMILES string of the molecule is CC1CN(Cc2ccc(F)cc2)CCN1CCCC(O)c1ccc(F)cc1. The van der Waals surface area contributed by atoms with Crippen molar-refractivity contribution in [3.8, 4) is 0 Å². The number of hydrogen-bond donors (Lipinski definition) is 1. The lowest BCUT2D eigenvalue weighted by Crippen LogP contribution is -2.51. The zero-order valence-corrected chi connectivity index (χ0v) is 15.8. The van der Waals surface area contributed by atoms with Crippen LogP contribution < -0.4 is 0 Å². The summed E-state index contributed by atoms with van der Waals surface area (Å²) in [6.07, 6.45) is 1.04. The number of rotatable bonds is 7. The molecule has 1 saturated heterocycles. The first-order valence-corrected chi connectivity index (χ1v) is 9.65. The molecule has 0 amide bonds. The number of piperazine rings is 1. The smallest absolute Gasteiger partial charge is 0.123 e. The van der Waals surface area contributed by atoms with E-state index in [1.54, 1.807) is 12.1 Å². The number of aliphatic hydroxyl groups is 1. The summed E-state index contributed by atoms with van der Waals surface area (Å²) in [6, 6.07) is 13.3. The molecule has 1 aliphatic heterocycles. The molecule has 0 aliphatic carbocycles. The van der Waals surface area contributed by atoms with E-state index >= 15 is 0 Å². The number of hydrogen-bond acceptors (Lipinski definition) is 3. The molecule has 0 saturated carbocycles. The molecule has 1 fully saturated rings. The van der Waals surface area contributed by atoms with E-state index in [2.05, 4.69) is 16.7 Å². The van der Waals surface area contributed by atoms with Crippen LogP contribution in [-0.4, -0.2) is 47.1 Å². The Balaban J connectivity index is 1.40. The number of nitrogens with zero attached hydrogens (tertiary/aromatic N) is 2. The van der Waals surface area contributed by atoms with Crippen LogP contribution >= 0.6 is 0 Å². The van der Waals surface area contributed by atoms with Gasteiger partial charge in [-0.25, -0.2) is 8.78 Å². The Morgan fingerprint density at radius 1 is 1.00 bits per heavy atom. The third-order valence-corrected chi connectivity index (χ3v) is 5.35. The lowest BCUT2D eigenvalue weighted by molar-refractivity contribution is 0.0724. The molecule has 27 heavy (non-hydrogen) atoms. The summed E-state index contributed by atoms with van der Waals surface area (Å²) in [5.74, 6) is -0.474. The first kappa shape index (κ1) is 19.9. The van der Waals surface area contributed by atoms with Crippen LogP contribution in [0.2, 0.25) is 0 Å². The number of aliphatic hydroxyl groups excluding tert-OH is 1. The van der Waals surface area contributed by atoms with Crippen LogP contribution in [0.15, 0.2) is 48.5 Å². The van der Waals surface area contributed by atoms with E-state index in [0.29, 0.717) is 12.5 Å². The maximum absolute atomic E-state index is 13.0. The summed E-state index contributed by atoms with van der Waals surface area (Å²) in [7, 11) is 0. The average Bonchev–Trinajstić information content (AvgIpc) is 2.66. The molecule has 1 N–H and O–H groups in total. The fourth-order valence-corrected chi connectivity index (χ4v) is 3.73. The molecule has 2 aromatic carbocycles. The minimum absolute atomic E-state index is 0.195. The number of halogens is 2.